The largest absolute Gasteiger partial charge is 0.476 e. The lowest BCUT2D eigenvalue weighted by Gasteiger charge is -2.23. The van der Waals surface area contributed by atoms with E-state index in [9.17, 15) is 0 Å². The number of rotatable bonds is 0. The Balaban J connectivity index is 2.34. The first-order chi connectivity index (χ1) is 5.36. The van der Waals surface area contributed by atoms with E-state index in [1.165, 1.54) is 0 Å². The lowest BCUT2D eigenvalue weighted by Crippen LogP contribution is -2.28. The number of hydroxylamine groups is 2. The van der Waals surface area contributed by atoms with Crippen molar-refractivity contribution in [3.05, 3.63) is 29.8 Å². The Hall–Kier alpha value is -1.06. The van der Waals surface area contributed by atoms with E-state index in [2.05, 4.69) is 0 Å². The summed E-state index contributed by atoms with van der Waals surface area (Å²) >= 11 is 0. The van der Waals surface area contributed by atoms with E-state index in [1.807, 2.05) is 24.3 Å². The second-order valence-electron chi connectivity index (χ2n) is 2.55. The Labute approximate surface area is 64.8 Å². The van der Waals surface area contributed by atoms with Gasteiger partial charge in [0.05, 0.1) is 6.54 Å². The fourth-order valence-electron chi connectivity index (χ4n) is 1.16. The maximum absolute atomic E-state index is 9.06. The molecular formula is C8H9NO2. The molecule has 3 heteroatoms. The molecule has 0 unspecified atom stereocenters. The summed E-state index contributed by atoms with van der Waals surface area (Å²) in [5.74, 6) is 0.873. The summed E-state index contributed by atoms with van der Waals surface area (Å²) < 4.78 is 5.21. The summed E-state index contributed by atoms with van der Waals surface area (Å²) in [6.45, 7) is 0.813. The second kappa shape index (κ2) is 2.53. The van der Waals surface area contributed by atoms with Crippen LogP contribution in [0.4, 0.5) is 0 Å². The number of hydrogen-bond acceptors (Lipinski definition) is 3. The van der Waals surface area contributed by atoms with Crippen molar-refractivity contribution in [1.29, 1.82) is 0 Å². The van der Waals surface area contributed by atoms with Crippen LogP contribution in [0.2, 0.25) is 0 Å². The molecule has 0 fully saturated rings. The molecule has 1 aromatic carbocycles. The van der Waals surface area contributed by atoms with Crippen LogP contribution in [-0.4, -0.2) is 17.0 Å². The van der Waals surface area contributed by atoms with Gasteiger partial charge in [-0.1, -0.05) is 18.2 Å². The quantitative estimate of drug-likeness (QED) is 0.605. The van der Waals surface area contributed by atoms with Crippen LogP contribution < -0.4 is 4.74 Å². The van der Waals surface area contributed by atoms with E-state index in [-0.39, 0.29) is 6.73 Å². The molecule has 0 saturated heterocycles. The first-order valence-corrected chi connectivity index (χ1v) is 3.51. The van der Waals surface area contributed by atoms with Crippen molar-refractivity contribution in [3.8, 4) is 5.75 Å². The van der Waals surface area contributed by atoms with Crippen molar-refractivity contribution in [1.82, 2.24) is 5.06 Å². The zero-order chi connectivity index (χ0) is 7.68. The molecule has 0 aromatic heterocycles. The van der Waals surface area contributed by atoms with Gasteiger partial charge in [-0.3, -0.25) is 0 Å². The van der Waals surface area contributed by atoms with Crippen molar-refractivity contribution in [2.24, 2.45) is 0 Å². The van der Waals surface area contributed by atoms with Gasteiger partial charge in [0.1, 0.15) is 5.75 Å². The molecule has 0 spiro atoms. The van der Waals surface area contributed by atoms with Crippen molar-refractivity contribution in [2.75, 3.05) is 6.73 Å². The molecule has 0 atom stereocenters. The van der Waals surface area contributed by atoms with E-state index < -0.39 is 0 Å². The number of benzene rings is 1. The molecule has 0 radical (unpaired) electrons. The summed E-state index contributed by atoms with van der Waals surface area (Å²) in [6.07, 6.45) is 0. The molecule has 3 nitrogen and oxygen atoms in total. The highest BCUT2D eigenvalue weighted by atomic mass is 16.6. The van der Waals surface area contributed by atoms with Crippen LogP contribution >= 0.6 is 0 Å². The summed E-state index contributed by atoms with van der Waals surface area (Å²) in [4.78, 5) is 0. The summed E-state index contributed by atoms with van der Waals surface area (Å²) in [6, 6.07) is 7.70. The van der Waals surface area contributed by atoms with Gasteiger partial charge in [0.25, 0.3) is 0 Å². The third-order valence-corrected chi connectivity index (χ3v) is 1.69. The lowest BCUT2D eigenvalue weighted by molar-refractivity contribution is -0.152. The van der Waals surface area contributed by atoms with Gasteiger partial charge in [0.15, 0.2) is 6.73 Å². The van der Waals surface area contributed by atoms with E-state index in [0.29, 0.717) is 6.54 Å². The Morgan fingerprint density at radius 2 is 2.18 bits per heavy atom. The van der Waals surface area contributed by atoms with Crippen molar-refractivity contribution >= 4 is 0 Å². The van der Waals surface area contributed by atoms with Gasteiger partial charge in [-0.05, 0) is 6.07 Å². The third kappa shape index (κ3) is 1.20. The first kappa shape index (κ1) is 6.64. The van der Waals surface area contributed by atoms with Crippen LogP contribution in [-0.2, 0) is 6.54 Å². The predicted octanol–water partition coefficient (Wildman–Crippen LogP) is 1.23. The Morgan fingerprint density at radius 1 is 1.36 bits per heavy atom. The third-order valence-electron chi connectivity index (χ3n) is 1.69. The molecule has 2 rings (SSSR count). The van der Waals surface area contributed by atoms with Gasteiger partial charge in [-0.15, -0.1) is 0 Å². The number of fused-ring (bicyclic) bond motifs is 1. The molecule has 0 amide bonds. The number of para-hydroxylation sites is 1. The highest BCUT2D eigenvalue weighted by Gasteiger charge is 2.13. The topological polar surface area (TPSA) is 32.7 Å². The van der Waals surface area contributed by atoms with Crippen LogP contribution in [0.1, 0.15) is 5.56 Å². The second-order valence-corrected chi connectivity index (χ2v) is 2.55. The number of hydrogen-bond donors (Lipinski definition) is 1. The molecule has 0 aliphatic carbocycles. The molecule has 58 valence electrons. The highest BCUT2D eigenvalue weighted by molar-refractivity contribution is 5.33. The number of nitrogens with zero attached hydrogens (tertiary/aromatic N) is 1. The van der Waals surface area contributed by atoms with E-state index in [1.54, 1.807) is 0 Å². The maximum Gasteiger partial charge on any atom is 0.164 e. The molecular weight excluding hydrogens is 142 g/mol. The lowest BCUT2D eigenvalue weighted by atomic mass is 10.2. The fourth-order valence-corrected chi connectivity index (χ4v) is 1.16. The van der Waals surface area contributed by atoms with Crippen molar-refractivity contribution in [3.63, 3.8) is 0 Å². The minimum atomic E-state index is 0.261. The van der Waals surface area contributed by atoms with Gasteiger partial charge in [0.2, 0.25) is 0 Å². The molecule has 1 aromatic rings. The minimum absolute atomic E-state index is 0.261. The minimum Gasteiger partial charge on any atom is -0.476 e. The standard InChI is InChI=1S/C8H9NO2/c10-9-5-7-3-1-2-4-8(7)11-6-9/h1-4,10H,5-6H2. The molecule has 0 bridgehead atoms. The Kier molecular flexibility index (Phi) is 1.52. The zero-order valence-corrected chi connectivity index (χ0v) is 6.03. The zero-order valence-electron chi connectivity index (χ0n) is 6.03. The fraction of sp³-hybridized carbons (Fsp3) is 0.250. The first-order valence-electron chi connectivity index (χ1n) is 3.51. The number of ether oxygens (including phenoxy) is 1. The normalized spacial score (nSPS) is 17.2. The van der Waals surface area contributed by atoms with Gasteiger partial charge in [0, 0.05) is 5.56 Å². The molecule has 11 heavy (non-hydrogen) atoms. The Morgan fingerprint density at radius 3 is 3.09 bits per heavy atom. The molecule has 1 aliphatic heterocycles. The van der Waals surface area contributed by atoms with E-state index in [0.717, 1.165) is 16.4 Å². The SMILES string of the molecule is ON1COc2ccccc2C1. The average molecular weight is 151 g/mol. The Bertz CT molecular complexity index is 262. The predicted molar refractivity (Wildman–Crippen MR) is 39.3 cm³/mol. The molecule has 0 saturated carbocycles. The molecule has 1 aliphatic rings. The average Bonchev–Trinajstić information content (AvgIpc) is 2.04. The monoisotopic (exact) mass is 151 g/mol. The molecule has 1 heterocycles. The highest BCUT2D eigenvalue weighted by Crippen LogP contribution is 2.22. The van der Waals surface area contributed by atoms with E-state index >= 15 is 0 Å². The van der Waals surface area contributed by atoms with Gasteiger partial charge in [-0.25, -0.2) is 0 Å². The maximum atomic E-state index is 9.06. The van der Waals surface area contributed by atoms with Crippen LogP contribution in [0.3, 0.4) is 0 Å². The van der Waals surface area contributed by atoms with Crippen LogP contribution in [0.15, 0.2) is 24.3 Å². The van der Waals surface area contributed by atoms with Gasteiger partial charge < -0.3 is 9.94 Å². The van der Waals surface area contributed by atoms with Crippen molar-refractivity contribution < 1.29 is 9.94 Å². The van der Waals surface area contributed by atoms with Crippen LogP contribution in [0.5, 0.6) is 5.75 Å². The van der Waals surface area contributed by atoms with Crippen LogP contribution in [0, 0.1) is 0 Å². The van der Waals surface area contributed by atoms with Crippen molar-refractivity contribution in [2.45, 2.75) is 6.54 Å². The smallest absolute Gasteiger partial charge is 0.164 e. The summed E-state index contributed by atoms with van der Waals surface area (Å²) in [5.41, 5.74) is 1.03. The van der Waals surface area contributed by atoms with E-state index in [4.69, 9.17) is 9.94 Å². The molecule has 1 N–H and O–H groups in total. The summed E-state index contributed by atoms with van der Waals surface area (Å²) in [5, 5.41) is 10.2. The van der Waals surface area contributed by atoms with Gasteiger partial charge in [-0.2, -0.15) is 5.06 Å². The van der Waals surface area contributed by atoms with Gasteiger partial charge >= 0.3 is 0 Å². The summed E-state index contributed by atoms with van der Waals surface area (Å²) in [7, 11) is 0. The van der Waals surface area contributed by atoms with Crippen LogP contribution in [0.25, 0.3) is 0 Å².